The Labute approximate surface area is 106 Å². The molecule has 0 radical (unpaired) electrons. The summed E-state index contributed by atoms with van der Waals surface area (Å²) in [5.74, 6) is 3.24. The van der Waals surface area contributed by atoms with Crippen molar-refractivity contribution in [1.82, 2.24) is 5.32 Å². The zero-order valence-corrected chi connectivity index (χ0v) is 10.9. The van der Waals surface area contributed by atoms with Gasteiger partial charge in [-0.05, 0) is 30.7 Å². The van der Waals surface area contributed by atoms with Crippen molar-refractivity contribution in [3.63, 3.8) is 0 Å². The maximum absolute atomic E-state index is 5.96. The van der Waals surface area contributed by atoms with Crippen molar-refractivity contribution in [3.8, 4) is 5.75 Å². The Morgan fingerprint density at radius 3 is 3.12 bits per heavy atom. The van der Waals surface area contributed by atoms with Crippen LogP contribution in [0.5, 0.6) is 5.75 Å². The molecule has 0 spiro atoms. The van der Waals surface area contributed by atoms with E-state index in [1.165, 1.54) is 5.75 Å². The fourth-order valence-corrected chi connectivity index (χ4v) is 2.68. The lowest BCUT2D eigenvalue weighted by atomic mass is 10.2. The molecule has 0 aromatic heterocycles. The van der Waals surface area contributed by atoms with Crippen LogP contribution in [0.3, 0.4) is 0 Å². The summed E-state index contributed by atoms with van der Waals surface area (Å²) in [5.41, 5.74) is 1.06. The van der Waals surface area contributed by atoms with Gasteiger partial charge in [-0.1, -0.05) is 11.6 Å². The zero-order valence-electron chi connectivity index (χ0n) is 9.33. The van der Waals surface area contributed by atoms with Crippen molar-refractivity contribution in [1.29, 1.82) is 0 Å². The van der Waals surface area contributed by atoms with Crippen molar-refractivity contribution < 1.29 is 4.74 Å². The molecular weight excluding hydrogens is 242 g/mol. The van der Waals surface area contributed by atoms with E-state index in [1.54, 1.807) is 0 Å². The predicted molar refractivity (Wildman–Crippen MR) is 70.8 cm³/mol. The number of nitrogens with one attached hydrogen (secondary N) is 1. The Morgan fingerprint density at radius 1 is 1.56 bits per heavy atom. The Morgan fingerprint density at radius 2 is 2.44 bits per heavy atom. The van der Waals surface area contributed by atoms with Crippen LogP contribution in [0.1, 0.15) is 5.56 Å². The van der Waals surface area contributed by atoms with Crippen LogP contribution < -0.4 is 10.1 Å². The average Bonchev–Trinajstić information content (AvgIpc) is 2.32. The van der Waals surface area contributed by atoms with Gasteiger partial charge >= 0.3 is 0 Å². The van der Waals surface area contributed by atoms with E-state index in [4.69, 9.17) is 16.3 Å². The summed E-state index contributed by atoms with van der Waals surface area (Å²) in [6.45, 7) is 3.80. The average molecular weight is 258 g/mol. The van der Waals surface area contributed by atoms with Gasteiger partial charge in [0.05, 0.1) is 6.04 Å². The molecular formula is C12H16ClNOS. The summed E-state index contributed by atoms with van der Waals surface area (Å²) >= 11 is 7.94. The molecule has 88 valence electrons. The molecule has 1 heterocycles. The van der Waals surface area contributed by atoms with Gasteiger partial charge < -0.3 is 10.1 Å². The van der Waals surface area contributed by atoms with Gasteiger partial charge in [-0.3, -0.25) is 0 Å². The standard InChI is InChI=1S/C12H16ClNOS/c1-9-6-11(2-3-12(9)13)15-7-10-8-16-5-4-14-10/h2-3,6,10,14H,4-5,7-8H2,1H3. The van der Waals surface area contributed by atoms with E-state index in [1.807, 2.05) is 36.9 Å². The Hall–Kier alpha value is -0.380. The largest absolute Gasteiger partial charge is 0.492 e. The van der Waals surface area contributed by atoms with Crippen LogP contribution in [0.4, 0.5) is 0 Å². The molecule has 2 rings (SSSR count). The summed E-state index contributed by atoms with van der Waals surface area (Å²) in [6, 6.07) is 6.26. The summed E-state index contributed by atoms with van der Waals surface area (Å²) in [5, 5.41) is 4.23. The van der Waals surface area contributed by atoms with Crippen LogP contribution in [0.25, 0.3) is 0 Å². The molecule has 0 aliphatic carbocycles. The minimum atomic E-state index is 0.467. The van der Waals surface area contributed by atoms with E-state index in [2.05, 4.69) is 5.32 Å². The highest BCUT2D eigenvalue weighted by atomic mass is 35.5. The van der Waals surface area contributed by atoms with Crippen molar-refractivity contribution in [2.45, 2.75) is 13.0 Å². The number of ether oxygens (including phenoxy) is 1. The maximum Gasteiger partial charge on any atom is 0.119 e. The Kier molecular flexibility index (Phi) is 4.38. The fraction of sp³-hybridized carbons (Fsp3) is 0.500. The van der Waals surface area contributed by atoms with E-state index in [0.717, 1.165) is 35.2 Å². The lowest BCUT2D eigenvalue weighted by Crippen LogP contribution is -2.41. The Bertz CT molecular complexity index is 353. The number of hydrogen-bond donors (Lipinski definition) is 1. The molecule has 1 aliphatic heterocycles. The maximum atomic E-state index is 5.96. The molecule has 16 heavy (non-hydrogen) atoms. The highest BCUT2D eigenvalue weighted by Crippen LogP contribution is 2.21. The van der Waals surface area contributed by atoms with Crippen molar-refractivity contribution in [2.75, 3.05) is 24.7 Å². The monoisotopic (exact) mass is 257 g/mol. The molecule has 1 fully saturated rings. The molecule has 0 saturated carbocycles. The minimum absolute atomic E-state index is 0.467. The number of thioether (sulfide) groups is 1. The van der Waals surface area contributed by atoms with Crippen LogP contribution in [0.2, 0.25) is 5.02 Å². The van der Waals surface area contributed by atoms with Gasteiger partial charge in [0.15, 0.2) is 0 Å². The lowest BCUT2D eigenvalue weighted by molar-refractivity contribution is 0.276. The van der Waals surface area contributed by atoms with Gasteiger partial charge in [-0.2, -0.15) is 11.8 Å². The van der Waals surface area contributed by atoms with Crippen molar-refractivity contribution in [2.24, 2.45) is 0 Å². The molecule has 1 atom stereocenters. The molecule has 1 aromatic rings. The third kappa shape index (κ3) is 3.30. The first-order valence-corrected chi connectivity index (χ1v) is 6.99. The van der Waals surface area contributed by atoms with Crippen molar-refractivity contribution in [3.05, 3.63) is 28.8 Å². The van der Waals surface area contributed by atoms with Gasteiger partial charge in [-0.15, -0.1) is 0 Å². The third-order valence-electron chi connectivity index (χ3n) is 2.58. The SMILES string of the molecule is Cc1cc(OCC2CSCCN2)ccc1Cl. The second-order valence-corrected chi connectivity index (χ2v) is 5.50. The van der Waals surface area contributed by atoms with E-state index in [-0.39, 0.29) is 0 Å². The van der Waals surface area contributed by atoms with Gasteiger partial charge in [-0.25, -0.2) is 0 Å². The van der Waals surface area contributed by atoms with Gasteiger partial charge in [0, 0.05) is 23.1 Å². The fourth-order valence-electron chi connectivity index (χ4n) is 1.63. The number of benzene rings is 1. The molecule has 2 nitrogen and oxygen atoms in total. The van der Waals surface area contributed by atoms with Crippen LogP contribution in [-0.4, -0.2) is 30.7 Å². The molecule has 1 N–H and O–H groups in total. The van der Waals surface area contributed by atoms with Gasteiger partial charge in [0.1, 0.15) is 12.4 Å². The van der Waals surface area contributed by atoms with E-state index in [0.29, 0.717) is 6.04 Å². The van der Waals surface area contributed by atoms with Gasteiger partial charge in [0.25, 0.3) is 0 Å². The van der Waals surface area contributed by atoms with Crippen LogP contribution in [-0.2, 0) is 0 Å². The van der Waals surface area contributed by atoms with E-state index < -0.39 is 0 Å². The van der Waals surface area contributed by atoms with Gasteiger partial charge in [0.2, 0.25) is 0 Å². The van der Waals surface area contributed by atoms with Crippen LogP contribution in [0, 0.1) is 6.92 Å². The van der Waals surface area contributed by atoms with Crippen LogP contribution in [0.15, 0.2) is 18.2 Å². The first-order valence-electron chi connectivity index (χ1n) is 5.46. The molecule has 1 unspecified atom stereocenters. The highest BCUT2D eigenvalue weighted by molar-refractivity contribution is 7.99. The number of halogens is 1. The minimum Gasteiger partial charge on any atom is -0.492 e. The number of hydrogen-bond acceptors (Lipinski definition) is 3. The normalized spacial score (nSPS) is 20.8. The number of rotatable bonds is 3. The highest BCUT2D eigenvalue weighted by Gasteiger charge is 2.13. The summed E-state index contributed by atoms with van der Waals surface area (Å²) in [7, 11) is 0. The summed E-state index contributed by atoms with van der Waals surface area (Å²) in [6.07, 6.45) is 0. The molecule has 1 aromatic carbocycles. The molecule has 1 aliphatic rings. The second-order valence-electron chi connectivity index (χ2n) is 3.95. The first kappa shape index (κ1) is 12.1. The predicted octanol–water partition coefficient (Wildman–Crippen LogP) is 2.73. The third-order valence-corrected chi connectivity index (χ3v) is 4.13. The number of aryl methyl sites for hydroxylation is 1. The van der Waals surface area contributed by atoms with E-state index in [9.17, 15) is 0 Å². The zero-order chi connectivity index (χ0) is 11.4. The molecule has 4 heteroatoms. The Balaban J connectivity index is 1.86. The molecule has 0 amide bonds. The summed E-state index contributed by atoms with van der Waals surface area (Å²) < 4.78 is 5.75. The molecule has 0 bridgehead atoms. The summed E-state index contributed by atoms with van der Waals surface area (Å²) in [4.78, 5) is 0. The first-order chi connectivity index (χ1) is 7.75. The topological polar surface area (TPSA) is 21.3 Å². The smallest absolute Gasteiger partial charge is 0.119 e. The quantitative estimate of drug-likeness (QED) is 0.900. The lowest BCUT2D eigenvalue weighted by Gasteiger charge is -2.23. The van der Waals surface area contributed by atoms with Crippen molar-refractivity contribution >= 4 is 23.4 Å². The van der Waals surface area contributed by atoms with Crippen LogP contribution >= 0.6 is 23.4 Å². The molecule has 1 saturated heterocycles. The van der Waals surface area contributed by atoms with E-state index >= 15 is 0 Å². The second kappa shape index (κ2) is 5.80.